The lowest BCUT2D eigenvalue weighted by atomic mass is 9.94. The third-order valence-corrected chi connectivity index (χ3v) is 7.70. The Balaban J connectivity index is 0.000000359. The Bertz CT molecular complexity index is 1570. The van der Waals surface area contributed by atoms with Crippen molar-refractivity contribution in [2.24, 2.45) is 0 Å². The molecule has 1 heterocycles. The van der Waals surface area contributed by atoms with Crippen LogP contribution in [0.4, 0.5) is 0 Å². The first-order valence-electron chi connectivity index (χ1n) is 15.2. The van der Waals surface area contributed by atoms with Crippen LogP contribution in [-0.2, 0) is 20.4 Å². The number of carbonyl (C=O) groups excluding carboxylic acids is 2. The summed E-state index contributed by atoms with van der Waals surface area (Å²) in [5.41, 5.74) is 6.94. The van der Waals surface area contributed by atoms with Crippen molar-refractivity contribution < 1.29 is 23.5 Å². The fourth-order valence-corrected chi connectivity index (χ4v) is 6.33. The number of aryl methyl sites for hydroxylation is 7. The summed E-state index contributed by atoms with van der Waals surface area (Å²) in [4.78, 5) is 33.9. The Morgan fingerprint density at radius 1 is 0.889 bits per heavy atom. The minimum atomic E-state index is -1.36. The summed E-state index contributed by atoms with van der Waals surface area (Å²) in [5, 5.41) is 9.45. The third kappa shape index (κ3) is 12.3. The molecule has 45 heavy (non-hydrogen) atoms. The van der Waals surface area contributed by atoms with Crippen molar-refractivity contribution in [2.75, 3.05) is 0 Å². The second-order valence-corrected chi connectivity index (χ2v) is 17.1. The van der Waals surface area contributed by atoms with E-state index in [0.29, 0.717) is 17.7 Å². The monoisotopic (exact) mass is 652 g/mol. The van der Waals surface area contributed by atoms with Gasteiger partial charge in [-0.3, -0.25) is 4.79 Å². The number of rotatable bonds is 9. The zero-order valence-electron chi connectivity index (χ0n) is 28.8. The Kier molecular flexibility index (Phi) is 15.5. The minimum absolute atomic E-state index is 0.000229. The van der Waals surface area contributed by atoms with Gasteiger partial charge in [0.25, 0.3) is 5.24 Å². The highest BCUT2D eigenvalue weighted by Gasteiger charge is 2.18. The van der Waals surface area contributed by atoms with Gasteiger partial charge in [0, 0.05) is 24.5 Å². The molecule has 6 nitrogen and oxygen atoms in total. The number of carbonyl (C=O) groups is 1. The van der Waals surface area contributed by atoms with Crippen molar-refractivity contribution in [3.63, 3.8) is 0 Å². The Morgan fingerprint density at radius 2 is 1.38 bits per heavy atom. The van der Waals surface area contributed by atoms with E-state index in [4.69, 9.17) is 20.4 Å². The van der Waals surface area contributed by atoms with Crippen molar-refractivity contribution in [3.05, 3.63) is 97.8 Å². The molecule has 3 aromatic rings. The number of aromatic hydroxyl groups is 1. The van der Waals surface area contributed by atoms with Gasteiger partial charge < -0.3 is 13.9 Å². The van der Waals surface area contributed by atoms with Crippen LogP contribution in [0.15, 0.2) is 51.9 Å². The van der Waals surface area contributed by atoms with E-state index in [1.165, 1.54) is 0 Å². The number of benzene rings is 2. The van der Waals surface area contributed by atoms with Gasteiger partial charge >= 0.3 is 5.63 Å². The van der Waals surface area contributed by atoms with Crippen molar-refractivity contribution in [1.82, 2.24) is 0 Å². The molecule has 0 saturated carbocycles. The van der Waals surface area contributed by atoms with E-state index in [9.17, 15) is 19.5 Å². The van der Waals surface area contributed by atoms with Gasteiger partial charge in [-0.1, -0.05) is 55.8 Å². The van der Waals surface area contributed by atoms with Crippen LogP contribution in [0.25, 0.3) is 16.7 Å². The highest BCUT2D eigenvalue weighted by Crippen LogP contribution is 2.32. The molecular weight excluding hydrogens is 604 g/mol. The summed E-state index contributed by atoms with van der Waals surface area (Å²) < 4.78 is 10.9. The number of allylic oxidation sites excluding steroid dienone is 2. The highest BCUT2D eigenvalue weighted by atomic mass is 35.5. The molecule has 8 heteroatoms. The minimum Gasteiger partial charge on any atom is -0.548 e. The SMILES string of the molecule is C=C(CCC)O[Si](C)(C)C.CCCc1cc(O)c(-c2c(C)cc(C)cc2C)c(=O)o1.Cc1cc(C)c(C(=C=O)C(=O)Cl)c(C)c1. The maximum Gasteiger partial charge on any atom is 0.347 e. The van der Waals surface area contributed by atoms with Crippen LogP contribution in [0.2, 0.25) is 19.6 Å². The molecule has 0 amide bonds. The van der Waals surface area contributed by atoms with Gasteiger partial charge in [-0.05, 0) is 113 Å². The molecule has 0 bridgehead atoms. The molecule has 1 N–H and O–H groups in total. The van der Waals surface area contributed by atoms with Crippen LogP contribution in [-0.4, -0.2) is 24.6 Å². The standard InChI is InChI=1S/C17H20O3.C12H11ClO2.C8H18OSi/c1-5-6-13-9-14(18)16(17(19)20-13)15-11(3)7-10(2)8-12(15)4;1-7-4-8(2)11(9(3)5-7)10(6-14)12(13)15;1-6-7-8(2)9-10(3,4)5/h7-9,18H,5-6H2,1-4H3;4-5H,1-3H3;2,6-7H2,1,3-5H3. The van der Waals surface area contributed by atoms with Gasteiger partial charge in [-0.2, -0.15) is 0 Å². The molecule has 0 aliphatic heterocycles. The lowest BCUT2D eigenvalue weighted by molar-refractivity contribution is -0.106. The van der Waals surface area contributed by atoms with E-state index in [0.717, 1.165) is 64.0 Å². The summed E-state index contributed by atoms with van der Waals surface area (Å²) in [5.74, 6) is 3.09. The summed E-state index contributed by atoms with van der Waals surface area (Å²) in [6, 6.07) is 9.36. The quantitative estimate of drug-likeness (QED) is 0.0813. The van der Waals surface area contributed by atoms with Gasteiger partial charge in [0.2, 0.25) is 8.32 Å². The van der Waals surface area contributed by atoms with E-state index in [-0.39, 0.29) is 16.9 Å². The van der Waals surface area contributed by atoms with Crippen LogP contribution in [0.1, 0.15) is 77.8 Å². The molecule has 0 aliphatic carbocycles. The topological polar surface area (TPSA) is 93.8 Å². The van der Waals surface area contributed by atoms with Crippen LogP contribution in [0, 0.1) is 41.5 Å². The molecule has 0 saturated heterocycles. The molecule has 0 atom stereocenters. The average Bonchev–Trinajstić information content (AvgIpc) is 2.87. The zero-order chi connectivity index (χ0) is 34.6. The Labute approximate surface area is 274 Å². The maximum atomic E-state index is 12.2. The molecular formula is C37H49ClO6Si. The number of hydrogen-bond donors (Lipinski definition) is 1. The van der Waals surface area contributed by atoms with Gasteiger partial charge in [0.15, 0.2) is 0 Å². The summed E-state index contributed by atoms with van der Waals surface area (Å²) in [6.07, 6.45) is 3.65. The van der Waals surface area contributed by atoms with Crippen LogP contribution in [0.5, 0.6) is 5.75 Å². The largest absolute Gasteiger partial charge is 0.548 e. The Morgan fingerprint density at radius 3 is 1.76 bits per heavy atom. The second kappa shape index (κ2) is 17.7. The van der Waals surface area contributed by atoms with Crippen LogP contribution in [0.3, 0.4) is 0 Å². The van der Waals surface area contributed by atoms with Gasteiger partial charge in [-0.15, -0.1) is 0 Å². The van der Waals surface area contributed by atoms with Gasteiger partial charge in [0.1, 0.15) is 28.6 Å². The molecule has 0 spiro atoms. The first-order chi connectivity index (χ1) is 20.9. The van der Waals surface area contributed by atoms with E-state index in [2.05, 4.69) is 33.1 Å². The highest BCUT2D eigenvalue weighted by molar-refractivity contribution is 6.75. The molecule has 0 unspecified atom stereocenters. The summed E-state index contributed by atoms with van der Waals surface area (Å²) >= 11 is 5.32. The first kappa shape index (κ1) is 39.4. The summed E-state index contributed by atoms with van der Waals surface area (Å²) in [7, 11) is -1.36. The maximum absolute atomic E-state index is 12.2. The molecule has 0 radical (unpaired) electrons. The molecule has 0 aliphatic rings. The fourth-order valence-electron chi connectivity index (χ4n) is 5.23. The predicted octanol–water partition coefficient (Wildman–Crippen LogP) is 9.63. The Hall–Kier alpha value is -3.64. The molecule has 244 valence electrons. The lowest BCUT2D eigenvalue weighted by Crippen LogP contribution is -2.24. The van der Waals surface area contributed by atoms with E-state index >= 15 is 0 Å². The van der Waals surface area contributed by atoms with Crippen molar-refractivity contribution in [2.45, 2.75) is 101 Å². The van der Waals surface area contributed by atoms with E-state index in [1.54, 1.807) is 12.0 Å². The van der Waals surface area contributed by atoms with E-state index < -0.39 is 19.2 Å². The van der Waals surface area contributed by atoms with Crippen molar-refractivity contribution in [1.29, 1.82) is 0 Å². The van der Waals surface area contributed by atoms with Crippen molar-refractivity contribution >= 4 is 36.7 Å². The molecule has 3 rings (SSSR count). The molecule has 2 aromatic carbocycles. The van der Waals surface area contributed by atoms with Crippen molar-refractivity contribution in [3.8, 4) is 16.9 Å². The molecule has 0 fully saturated rings. The first-order valence-corrected chi connectivity index (χ1v) is 19.0. The predicted molar refractivity (Wildman–Crippen MR) is 189 cm³/mol. The lowest BCUT2D eigenvalue weighted by Gasteiger charge is -2.20. The average molecular weight is 653 g/mol. The fraction of sp³-hybridized carbons (Fsp3) is 0.405. The number of halogens is 1. The third-order valence-electron chi connectivity index (χ3n) is 6.61. The number of hydrogen-bond acceptors (Lipinski definition) is 6. The van der Waals surface area contributed by atoms with Gasteiger partial charge in [-0.25, -0.2) is 9.59 Å². The van der Waals surface area contributed by atoms with E-state index in [1.807, 2.05) is 72.7 Å². The summed E-state index contributed by atoms with van der Waals surface area (Å²) in [6.45, 7) is 26.0. The van der Waals surface area contributed by atoms with Crippen LogP contribution >= 0.6 is 11.6 Å². The van der Waals surface area contributed by atoms with Gasteiger partial charge in [0.05, 0.1) is 5.76 Å². The van der Waals surface area contributed by atoms with Crippen LogP contribution < -0.4 is 5.63 Å². The smallest absolute Gasteiger partial charge is 0.347 e. The molecule has 1 aromatic heterocycles. The normalized spacial score (nSPS) is 10.5. The zero-order valence-corrected chi connectivity index (χ0v) is 30.5. The second-order valence-electron chi connectivity index (χ2n) is 12.3.